The number of hydrogen-bond acceptors (Lipinski definition) is 4. The molecule has 28 heavy (non-hydrogen) atoms. The van der Waals surface area contributed by atoms with Crippen molar-refractivity contribution in [1.29, 1.82) is 0 Å². The molecule has 1 aliphatic carbocycles. The maximum atomic E-state index is 13.0. The van der Waals surface area contributed by atoms with Gasteiger partial charge < -0.3 is 10.0 Å². The highest BCUT2D eigenvalue weighted by Gasteiger charge is 2.49. The standard InChI is InChI=1S/C14H18F2N4O.C2HF3O2/c15-14(16)8-19(9-14)13(21)12-7-18(10-2-1-3-10)6-11-4-5-17-20(11)12;3-2(4,5)1(6)7/h4-5,10,12H,1-3,6-9H2;(H,6,7). The molecule has 0 aromatic carbocycles. The summed E-state index contributed by atoms with van der Waals surface area (Å²) in [6, 6.07) is 1.98. The average molecular weight is 410 g/mol. The lowest BCUT2D eigenvalue weighted by Crippen LogP contribution is -2.61. The molecule has 3 heterocycles. The number of aromatic nitrogens is 2. The van der Waals surface area contributed by atoms with E-state index in [4.69, 9.17) is 9.90 Å². The maximum absolute atomic E-state index is 13.0. The summed E-state index contributed by atoms with van der Waals surface area (Å²) in [6.07, 6.45) is 0.162. The van der Waals surface area contributed by atoms with E-state index in [2.05, 4.69) is 10.00 Å². The molecule has 2 aliphatic heterocycles. The van der Waals surface area contributed by atoms with Gasteiger partial charge >= 0.3 is 12.1 Å². The lowest BCUT2D eigenvalue weighted by Gasteiger charge is -2.45. The van der Waals surface area contributed by atoms with Crippen LogP contribution in [0.5, 0.6) is 0 Å². The quantitative estimate of drug-likeness (QED) is 0.754. The van der Waals surface area contributed by atoms with Crippen molar-refractivity contribution in [3.8, 4) is 0 Å². The van der Waals surface area contributed by atoms with E-state index in [9.17, 15) is 26.7 Å². The number of carbonyl (C=O) groups excluding carboxylic acids is 1. The van der Waals surface area contributed by atoms with Gasteiger partial charge in [-0.1, -0.05) is 6.42 Å². The number of fused-ring (bicyclic) bond motifs is 1. The van der Waals surface area contributed by atoms with E-state index in [1.807, 2.05) is 6.07 Å². The van der Waals surface area contributed by atoms with Crippen LogP contribution >= 0.6 is 0 Å². The molecule has 1 aromatic rings. The first-order valence-electron chi connectivity index (χ1n) is 8.71. The Kier molecular flexibility index (Phi) is 5.34. The van der Waals surface area contributed by atoms with Crippen LogP contribution in [0.4, 0.5) is 22.0 Å². The molecule has 156 valence electrons. The van der Waals surface area contributed by atoms with Gasteiger partial charge in [0.25, 0.3) is 5.92 Å². The SMILES string of the molecule is O=C(C1CN(C2CCC2)Cc2ccnn21)N1CC(F)(F)C1.O=C(O)C(F)(F)F. The summed E-state index contributed by atoms with van der Waals surface area (Å²) in [7, 11) is 0. The van der Waals surface area contributed by atoms with Crippen molar-refractivity contribution in [3.05, 3.63) is 18.0 Å². The van der Waals surface area contributed by atoms with Gasteiger partial charge in [0.05, 0.1) is 18.8 Å². The number of carbonyl (C=O) groups is 2. The third-order valence-corrected chi connectivity index (χ3v) is 5.09. The third-order valence-electron chi connectivity index (χ3n) is 5.09. The van der Waals surface area contributed by atoms with Crippen molar-refractivity contribution in [2.75, 3.05) is 19.6 Å². The fourth-order valence-corrected chi connectivity index (χ4v) is 3.41. The molecule has 3 aliphatic rings. The summed E-state index contributed by atoms with van der Waals surface area (Å²) in [4.78, 5) is 25.0. The zero-order chi connectivity index (χ0) is 20.7. The number of carboxylic acids is 1. The number of halogens is 5. The lowest BCUT2D eigenvalue weighted by molar-refractivity contribution is -0.192. The minimum atomic E-state index is -5.08. The monoisotopic (exact) mass is 410 g/mol. The number of likely N-dealkylation sites (tertiary alicyclic amines) is 1. The summed E-state index contributed by atoms with van der Waals surface area (Å²) < 4.78 is 59.4. The molecule has 0 bridgehead atoms. The van der Waals surface area contributed by atoms with Crippen molar-refractivity contribution < 1.29 is 36.6 Å². The fourth-order valence-electron chi connectivity index (χ4n) is 3.41. The highest BCUT2D eigenvalue weighted by Crippen LogP contribution is 2.34. The fraction of sp³-hybridized carbons (Fsp3) is 0.688. The van der Waals surface area contributed by atoms with Crippen LogP contribution in [0.3, 0.4) is 0 Å². The molecule has 4 rings (SSSR count). The van der Waals surface area contributed by atoms with Crippen LogP contribution in [-0.2, 0) is 16.1 Å². The Bertz CT molecular complexity index is 739. The van der Waals surface area contributed by atoms with Crippen LogP contribution in [0.25, 0.3) is 0 Å². The minimum Gasteiger partial charge on any atom is -0.475 e. The topological polar surface area (TPSA) is 78.7 Å². The zero-order valence-corrected chi connectivity index (χ0v) is 14.7. The van der Waals surface area contributed by atoms with Crippen molar-refractivity contribution in [2.24, 2.45) is 0 Å². The van der Waals surface area contributed by atoms with E-state index in [0.717, 1.165) is 25.1 Å². The molecule has 7 nitrogen and oxygen atoms in total. The van der Waals surface area contributed by atoms with Gasteiger partial charge in [0.1, 0.15) is 6.04 Å². The molecular formula is C16H19F5N4O3. The van der Waals surface area contributed by atoms with Gasteiger partial charge in [0.2, 0.25) is 5.91 Å². The van der Waals surface area contributed by atoms with Crippen LogP contribution < -0.4 is 0 Å². The van der Waals surface area contributed by atoms with E-state index >= 15 is 0 Å². The molecule has 12 heteroatoms. The number of rotatable bonds is 2. The molecule has 2 fully saturated rings. The van der Waals surface area contributed by atoms with Crippen molar-refractivity contribution in [3.63, 3.8) is 0 Å². The molecule has 1 unspecified atom stereocenters. The van der Waals surface area contributed by atoms with Crippen molar-refractivity contribution >= 4 is 11.9 Å². The summed E-state index contributed by atoms with van der Waals surface area (Å²) in [5.41, 5.74) is 0.999. The van der Waals surface area contributed by atoms with Crippen LogP contribution in [0.1, 0.15) is 31.0 Å². The molecule has 1 N–H and O–H groups in total. The molecule has 1 saturated heterocycles. The second-order valence-electron chi connectivity index (χ2n) is 7.15. The molecule has 0 spiro atoms. The number of nitrogens with zero attached hydrogens (tertiary/aromatic N) is 4. The van der Waals surface area contributed by atoms with E-state index in [-0.39, 0.29) is 5.91 Å². The Morgan fingerprint density at radius 1 is 1.21 bits per heavy atom. The van der Waals surface area contributed by atoms with Crippen LogP contribution in [0.2, 0.25) is 0 Å². The molecule has 0 radical (unpaired) electrons. The average Bonchev–Trinajstić information content (AvgIpc) is 2.97. The van der Waals surface area contributed by atoms with E-state index in [0.29, 0.717) is 12.6 Å². The predicted molar refractivity (Wildman–Crippen MR) is 84.5 cm³/mol. The van der Waals surface area contributed by atoms with Gasteiger partial charge in [-0.05, 0) is 18.9 Å². The zero-order valence-electron chi connectivity index (χ0n) is 14.7. The highest BCUT2D eigenvalue weighted by molar-refractivity contribution is 5.82. The number of amides is 1. The van der Waals surface area contributed by atoms with Gasteiger partial charge in [0.15, 0.2) is 0 Å². The molecule has 1 atom stereocenters. The molecule has 1 amide bonds. The Labute approximate surface area is 156 Å². The van der Waals surface area contributed by atoms with E-state index in [1.165, 1.54) is 11.3 Å². The van der Waals surface area contributed by atoms with Gasteiger partial charge in [-0.15, -0.1) is 0 Å². The first-order valence-corrected chi connectivity index (χ1v) is 8.71. The van der Waals surface area contributed by atoms with Crippen molar-refractivity contribution in [2.45, 2.75) is 50.0 Å². The molecule has 1 saturated carbocycles. The smallest absolute Gasteiger partial charge is 0.475 e. The highest BCUT2D eigenvalue weighted by atomic mass is 19.4. The normalized spacial score (nSPS) is 24.3. The lowest BCUT2D eigenvalue weighted by atomic mass is 9.90. The summed E-state index contributed by atoms with van der Waals surface area (Å²) in [6.45, 7) is 0.468. The third kappa shape index (κ3) is 4.26. The van der Waals surface area contributed by atoms with E-state index in [1.54, 1.807) is 10.9 Å². The van der Waals surface area contributed by atoms with Gasteiger partial charge in [-0.2, -0.15) is 18.3 Å². The first-order chi connectivity index (χ1) is 13.0. The second kappa shape index (κ2) is 7.30. The number of carboxylic acid groups (broad SMARTS) is 1. The summed E-state index contributed by atoms with van der Waals surface area (Å²) in [5, 5.41) is 11.4. The Morgan fingerprint density at radius 3 is 2.29 bits per heavy atom. The minimum absolute atomic E-state index is 0.227. The van der Waals surface area contributed by atoms with Crippen LogP contribution in [-0.4, -0.2) is 74.3 Å². The predicted octanol–water partition coefficient (Wildman–Crippen LogP) is 1.90. The van der Waals surface area contributed by atoms with Gasteiger partial charge in [-0.3, -0.25) is 14.4 Å². The summed E-state index contributed by atoms with van der Waals surface area (Å²) >= 11 is 0. The maximum Gasteiger partial charge on any atom is 0.490 e. The first kappa shape index (κ1) is 20.5. The summed E-state index contributed by atoms with van der Waals surface area (Å²) in [5.74, 6) is -5.70. The number of hydrogen-bond donors (Lipinski definition) is 1. The van der Waals surface area contributed by atoms with E-state index < -0.39 is 37.2 Å². The van der Waals surface area contributed by atoms with Crippen LogP contribution in [0, 0.1) is 0 Å². The Balaban J connectivity index is 0.000000279. The second-order valence-corrected chi connectivity index (χ2v) is 7.15. The molecule has 1 aromatic heterocycles. The van der Waals surface area contributed by atoms with Gasteiger partial charge in [-0.25, -0.2) is 13.6 Å². The van der Waals surface area contributed by atoms with Gasteiger partial charge in [0, 0.05) is 25.3 Å². The Morgan fingerprint density at radius 2 is 1.82 bits per heavy atom. The van der Waals surface area contributed by atoms with Crippen LogP contribution in [0.15, 0.2) is 12.3 Å². The van der Waals surface area contributed by atoms with Crippen molar-refractivity contribution in [1.82, 2.24) is 19.6 Å². The largest absolute Gasteiger partial charge is 0.490 e. The molecular weight excluding hydrogens is 391 g/mol. The number of aliphatic carboxylic acids is 1. The Hall–Kier alpha value is -2.24. The number of alkyl halides is 5.